The Hall–Kier alpha value is -4.25. The molecular formula is C36H39Cl2N3O6S. The average molecular weight is 713 g/mol. The number of carbonyl (C=O) groups excluding carboxylic acids is 2. The highest BCUT2D eigenvalue weighted by Crippen LogP contribution is 2.34. The van der Waals surface area contributed by atoms with Crippen LogP contribution in [0.25, 0.3) is 0 Å². The van der Waals surface area contributed by atoms with Gasteiger partial charge in [-0.1, -0.05) is 84.7 Å². The fourth-order valence-electron chi connectivity index (χ4n) is 5.08. The van der Waals surface area contributed by atoms with Gasteiger partial charge in [-0.2, -0.15) is 0 Å². The third-order valence-electron chi connectivity index (χ3n) is 7.93. The van der Waals surface area contributed by atoms with Crippen molar-refractivity contribution < 1.29 is 27.5 Å². The first-order valence-corrected chi connectivity index (χ1v) is 17.6. The molecule has 0 aliphatic rings. The number of halogens is 2. The summed E-state index contributed by atoms with van der Waals surface area (Å²) in [4.78, 5) is 30.0. The molecule has 0 saturated heterocycles. The van der Waals surface area contributed by atoms with Crippen LogP contribution < -0.4 is 19.1 Å². The second-order valence-corrected chi connectivity index (χ2v) is 13.8. The van der Waals surface area contributed by atoms with Gasteiger partial charge in [-0.3, -0.25) is 13.9 Å². The summed E-state index contributed by atoms with van der Waals surface area (Å²) in [6.45, 7) is 3.00. The smallest absolute Gasteiger partial charge is 0.264 e. The summed E-state index contributed by atoms with van der Waals surface area (Å²) >= 11 is 13.2. The van der Waals surface area contributed by atoms with Gasteiger partial charge in [0.2, 0.25) is 11.8 Å². The molecule has 0 heterocycles. The molecule has 0 aliphatic heterocycles. The molecule has 254 valence electrons. The summed E-state index contributed by atoms with van der Waals surface area (Å²) in [6.07, 6.45) is 0.815. The Morgan fingerprint density at radius 1 is 0.833 bits per heavy atom. The number of hydrogen-bond donors (Lipinski definition) is 1. The van der Waals surface area contributed by atoms with Crippen molar-refractivity contribution in [3.63, 3.8) is 0 Å². The van der Waals surface area contributed by atoms with Crippen LogP contribution in [0.5, 0.6) is 11.5 Å². The number of hydrogen-bond acceptors (Lipinski definition) is 6. The van der Waals surface area contributed by atoms with Gasteiger partial charge in [0, 0.05) is 40.7 Å². The summed E-state index contributed by atoms with van der Waals surface area (Å²) in [6, 6.07) is 25.4. The summed E-state index contributed by atoms with van der Waals surface area (Å²) < 4.78 is 40.3. The molecule has 12 heteroatoms. The van der Waals surface area contributed by atoms with E-state index in [-0.39, 0.29) is 35.3 Å². The minimum Gasteiger partial charge on any atom is -0.493 e. The third-order valence-corrected chi connectivity index (χ3v) is 10.4. The van der Waals surface area contributed by atoms with Crippen LogP contribution in [-0.4, -0.2) is 58.0 Å². The van der Waals surface area contributed by atoms with E-state index >= 15 is 0 Å². The summed E-state index contributed by atoms with van der Waals surface area (Å²) in [7, 11) is -1.41. The van der Waals surface area contributed by atoms with Gasteiger partial charge in [0.15, 0.2) is 11.5 Å². The lowest BCUT2D eigenvalue weighted by atomic mass is 10.0. The lowest BCUT2D eigenvalue weighted by molar-refractivity contribution is -0.140. The minimum atomic E-state index is -4.31. The van der Waals surface area contributed by atoms with Gasteiger partial charge in [-0.25, -0.2) is 8.42 Å². The molecule has 0 spiro atoms. The quantitative estimate of drug-likeness (QED) is 0.146. The van der Waals surface area contributed by atoms with Crippen LogP contribution in [0.2, 0.25) is 10.0 Å². The average Bonchev–Trinajstić information content (AvgIpc) is 3.10. The second-order valence-electron chi connectivity index (χ2n) is 11.1. The molecule has 4 rings (SSSR count). The molecule has 0 radical (unpaired) electrons. The highest BCUT2D eigenvalue weighted by molar-refractivity contribution is 7.92. The number of rotatable bonds is 15. The lowest BCUT2D eigenvalue weighted by Crippen LogP contribution is -2.54. The molecule has 9 nitrogen and oxygen atoms in total. The maximum Gasteiger partial charge on any atom is 0.264 e. The van der Waals surface area contributed by atoms with Crippen molar-refractivity contribution in [3.05, 3.63) is 118 Å². The molecule has 4 aromatic carbocycles. The van der Waals surface area contributed by atoms with Crippen LogP contribution in [0, 0.1) is 0 Å². The van der Waals surface area contributed by atoms with E-state index in [9.17, 15) is 18.0 Å². The van der Waals surface area contributed by atoms with Crippen LogP contribution in [0.3, 0.4) is 0 Å². The van der Waals surface area contributed by atoms with E-state index in [1.165, 1.54) is 43.4 Å². The largest absolute Gasteiger partial charge is 0.493 e. The van der Waals surface area contributed by atoms with Crippen LogP contribution in [0.1, 0.15) is 31.4 Å². The summed E-state index contributed by atoms with van der Waals surface area (Å²) in [5, 5.41) is 3.61. The number of benzene rings is 4. The fraction of sp³-hybridized carbons (Fsp3) is 0.278. The molecule has 0 aromatic heterocycles. The Labute approximate surface area is 292 Å². The van der Waals surface area contributed by atoms with E-state index in [0.717, 1.165) is 9.87 Å². The summed E-state index contributed by atoms with van der Waals surface area (Å²) in [5.74, 6) is -0.400. The monoisotopic (exact) mass is 711 g/mol. The Balaban J connectivity index is 1.87. The van der Waals surface area contributed by atoms with E-state index in [1.807, 2.05) is 44.2 Å². The molecule has 0 bridgehead atoms. The molecule has 0 unspecified atom stereocenters. The highest BCUT2D eigenvalue weighted by atomic mass is 35.5. The topological polar surface area (TPSA) is 105 Å². The molecule has 0 fully saturated rings. The maximum absolute atomic E-state index is 14.7. The highest BCUT2D eigenvalue weighted by Gasteiger charge is 2.35. The Morgan fingerprint density at radius 3 is 2.02 bits per heavy atom. The molecule has 0 saturated carbocycles. The molecule has 2 amide bonds. The number of ether oxygens (including phenoxy) is 2. The van der Waals surface area contributed by atoms with Crippen molar-refractivity contribution in [2.45, 2.75) is 50.2 Å². The van der Waals surface area contributed by atoms with Crippen LogP contribution in [-0.2, 0) is 32.6 Å². The number of nitrogens with zero attached hydrogens (tertiary/aromatic N) is 2. The normalized spacial score (nSPS) is 12.5. The van der Waals surface area contributed by atoms with Gasteiger partial charge in [-0.05, 0) is 55.3 Å². The van der Waals surface area contributed by atoms with Crippen molar-refractivity contribution >= 4 is 50.7 Å². The van der Waals surface area contributed by atoms with Gasteiger partial charge in [0.05, 0.1) is 24.8 Å². The maximum atomic E-state index is 14.7. The van der Waals surface area contributed by atoms with E-state index in [0.29, 0.717) is 27.8 Å². The van der Waals surface area contributed by atoms with Gasteiger partial charge >= 0.3 is 0 Å². The standard InChI is InChI=1S/C36H39Cl2N3O6S/c1-5-25(2)39-36(43)32(21-26-13-8-6-9-14-26)40(23-29-30(37)17-12-18-31(29)38)35(42)24-41(48(44,45)28-15-10-7-11-16-28)27-19-20-33(46-3)34(22-27)47-4/h6-20,22,25,32H,5,21,23-24H2,1-4H3,(H,39,43)/t25-,32+/m0/s1. The van der Waals surface area contributed by atoms with E-state index in [1.54, 1.807) is 42.5 Å². The first-order valence-electron chi connectivity index (χ1n) is 15.4. The second kappa shape index (κ2) is 16.7. The zero-order valence-electron chi connectivity index (χ0n) is 27.2. The van der Waals surface area contributed by atoms with Crippen LogP contribution in [0.4, 0.5) is 5.69 Å². The summed E-state index contributed by atoms with van der Waals surface area (Å²) in [5.41, 5.74) is 1.38. The SMILES string of the molecule is CC[C@H](C)NC(=O)[C@@H](Cc1ccccc1)N(Cc1c(Cl)cccc1Cl)C(=O)CN(c1ccc(OC)c(OC)c1)S(=O)(=O)c1ccccc1. The third kappa shape index (κ3) is 8.80. The first kappa shape index (κ1) is 36.6. The molecule has 4 aromatic rings. The number of carbonyl (C=O) groups is 2. The minimum absolute atomic E-state index is 0.0244. The van der Waals surface area contributed by atoms with Gasteiger partial charge < -0.3 is 19.7 Å². The predicted molar refractivity (Wildman–Crippen MR) is 189 cm³/mol. The number of anilines is 1. The molecule has 2 atom stereocenters. The molecule has 0 aliphatic carbocycles. The number of sulfonamides is 1. The van der Waals surface area contributed by atoms with Crippen molar-refractivity contribution in [2.24, 2.45) is 0 Å². The number of methoxy groups -OCH3 is 2. The lowest BCUT2D eigenvalue weighted by Gasteiger charge is -2.34. The van der Waals surface area contributed by atoms with Crippen LogP contribution >= 0.6 is 23.2 Å². The van der Waals surface area contributed by atoms with Crippen molar-refractivity contribution in [1.82, 2.24) is 10.2 Å². The zero-order valence-corrected chi connectivity index (χ0v) is 29.6. The predicted octanol–water partition coefficient (Wildman–Crippen LogP) is 6.76. The van der Waals surface area contributed by atoms with Gasteiger partial charge in [0.1, 0.15) is 12.6 Å². The van der Waals surface area contributed by atoms with Gasteiger partial charge in [0.25, 0.3) is 10.0 Å². The Morgan fingerprint density at radius 2 is 1.44 bits per heavy atom. The molecular weight excluding hydrogens is 673 g/mol. The first-order chi connectivity index (χ1) is 23.0. The molecule has 48 heavy (non-hydrogen) atoms. The van der Waals surface area contributed by atoms with E-state index in [2.05, 4.69) is 5.32 Å². The van der Waals surface area contributed by atoms with Crippen molar-refractivity contribution in [3.8, 4) is 11.5 Å². The van der Waals surface area contributed by atoms with Crippen LogP contribution in [0.15, 0.2) is 102 Å². The van der Waals surface area contributed by atoms with E-state index in [4.69, 9.17) is 32.7 Å². The van der Waals surface area contributed by atoms with Crippen molar-refractivity contribution in [2.75, 3.05) is 25.1 Å². The van der Waals surface area contributed by atoms with E-state index < -0.39 is 34.4 Å². The van der Waals surface area contributed by atoms with Gasteiger partial charge in [-0.15, -0.1) is 0 Å². The zero-order chi connectivity index (χ0) is 34.8. The number of nitrogens with one attached hydrogen (secondary N) is 1. The van der Waals surface area contributed by atoms with Crippen molar-refractivity contribution in [1.29, 1.82) is 0 Å². The number of amides is 2. The fourth-order valence-corrected chi connectivity index (χ4v) is 7.02. The molecule has 1 N–H and O–H groups in total. The Kier molecular flexibility index (Phi) is 12.7. The Bertz CT molecular complexity index is 1790.